The lowest BCUT2D eigenvalue weighted by Gasteiger charge is -2.30. The number of rotatable bonds is 4. The second kappa shape index (κ2) is 8.10. The SMILES string of the molecule is CC1CCN(C(=O)COC(=O)c2c(-n3cccc3)sc3c2CCSC3)CC1. The highest BCUT2D eigenvalue weighted by atomic mass is 32.2. The van der Waals surface area contributed by atoms with Crippen LogP contribution >= 0.6 is 23.1 Å². The van der Waals surface area contributed by atoms with Crippen LogP contribution in [0.1, 0.15) is 40.6 Å². The third kappa shape index (κ3) is 3.94. The number of carbonyl (C=O) groups excluding carboxylic acids is 2. The van der Waals surface area contributed by atoms with Gasteiger partial charge in [-0.1, -0.05) is 6.92 Å². The van der Waals surface area contributed by atoms with Gasteiger partial charge in [0.1, 0.15) is 5.00 Å². The smallest absolute Gasteiger partial charge is 0.341 e. The number of fused-ring (bicyclic) bond motifs is 1. The Hall–Kier alpha value is -1.73. The number of carbonyl (C=O) groups is 2. The summed E-state index contributed by atoms with van der Waals surface area (Å²) in [7, 11) is 0. The fourth-order valence-corrected chi connectivity index (χ4v) is 6.06. The van der Waals surface area contributed by atoms with E-state index in [1.165, 1.54) is 4.88 Å². The summed E-state index contributed by atoms with van der Waals surface area (Å²) in [5, 5.41) is 0.900. The van der Waals surface area contributed by atoms with Gasteiger partial charge in [-0.3, -0.25) is 4.79 Å². The van der Waals surface area contributed by atoms with E-state index < -0.39 is 0 Å². The van der Waals surface area contributed by atoms with E-state index in [0.717, 1.165) is 54.4 Å². The van der Waals surface area contributed by atoms with Gasteiger partial charge in [0.25, 0.3) is 5.91 Å². The molecule has 1 amide bonds. The number of nitrogens with zero attached hydrogens (tertiary/aromatic N) is 2. The molecule has 0 aromatic carbocycles. The Labute approximate surface area is 167 Å². The Morgan fingerprint density at radius 1 is 1.22 bits per heavy atom. The van der Waals surface area contributed by atoms with Crippen LogP contribution in [0.4, 0.5) is 0 Å². The molecule has 2 aromatic rings. The van der Waals surface area contributed by atoms with Gasteiger partial charge < -0.3 is 14.2 Å². The van der Waals surface area contributed by atoms with Crippen molar-refractivity contribution in [3.05, 3.63) is 40.5 Å². The molecule has 1 fully saturated rings. The molecule has 0 N–H and O–H groups in total. The third-order valence-electron chi connectivity index (χ3n) is 5.31. The maximum Gasteiger partial charge on any atom is 0.341 e. The lowest BCUT2D eigenvalue weighted by Crippen LogP contribution is -2.40. The summed E-state index contributed by atoms with van der Waals surface area (Å²) in [5.74, 6) is 2.15. The van der Waals surface area contributed by atoms with Crippen molar-refractivity contribution in [1.29, 1.82) is 0 Å². The second-order valence-corrected chi connectivity index (χ2v) is 9.41. The molecule has 0 spiro atoms. The first-order valence-electron chi connectivity index (χ1n) is 9.44. The van der Waals surface area contributed by atoms with E-state index in [-0.39, 0.29) is 18.5 Å². The van der Waals surface area contributed by atoms with Gasteiger partial charge in [-0.25, -0.2) is 4.79 Å². The number of aromatic nitrogens is 1. The summed E-state index contributed by atoms with van der Waals surface area (Å²) in [6.07, 6.45) is 6.81. The van der Waals surface area contributed by atoms with Crippen molar-refractivity contribution in [1.82, 2.24) is 9.47 Å². The molecule has 2 aliphatic heterocycles. The molecule has 2 aliphatic rings. The highest BCUT2D eigenvalue weighted by Crippen LogP contribution is 2.38. The highest BCUT2D eigenvalue weighted by Gasteiger charge is 2.28. The topological polar surface area (TPSA) is 51.5 Å². The van der Waals surface area contributed by atoms with Crippen LogP contribution in [0.15, 0.2) is 24.5 Å². The first-order chi connectivity index (χ1) is 13.1. The van der Waals surface area contributed by atoms with Crippen LogP contribution in [0, 0.1) is 5.92 Å². The van der Waals surface area contributed by atoms with Crippen LogP contribution in [-0.2, 0) is 21.7 Å². The molecule has 0 aliphatic carbocycles. The van der Waals surface area contributed by atoms with Crippen molar-refractivity contribution >= 4 is 35.0 Å². The van der Waals surface area contributed by atoms with Crippen molar-refractivity contribution < 1.29 is 14.3 Å². The van der Waals surface area contributed by atoms with Crippen LogP contribution in [-0.4, -0.2) is 46.8 Å². The summed E-state index contributed by atoms with van der Waals surface area (Å²) in [6.45, 7) is 3.56. The van der Waals surface area contributed by atoms with Gasteiger partial charge >= 0.3 is 5.97 Å². The van der Waals surface area contributed by atoms with E-state index in [1.807, 2.05) is 45.8 Å². The van der Waals surface area contributed by atoms with Crippen LogP contribution in [0.5, 0.6) is 0 Å². The van der Waals surface area contributed by atoms with Gasteiger partial charge in [0.2, 0.25) is 0 Å². The molecule has 7 heteroatoms. The molecular weight excluding hydrogens is 380 g/mol. The summed E-state index contributed by atoms with van der Waals surface area (Å²) < 4.78 is 7.46. The number of amides is 1. The molecule has 0 saturated carbocycles. The zero-order valence-electron chi connectivity index (χ0n) is 15.5. The number of hydrogen-bond acceptors (Lipinski definition) is 5. The van der Waals surface area contributed by atoms with Gasteiger partial charge in [-0.05, 0) is 48.6 Å². The minimum atomic E-state index is -0.373. The van der Waals surface area contributed by atoms with Crippen LogP contribution in [0.2, 0.25) is 0 Å². The Balaban J connectivity index is 1.50. The zero-order chi connectivity index (χ0) is 18.8. The number of likely N-dealkylation sites (tertiary alicyclic amines) is 1. The molecule has 27 heavy (non-hydrogen) atoms. The summed E-state index contributed by atoms with van der Waals surface area (Å²) in [5.41, 5.74) is 1.75. The average molecular weight is 405 g/mol. The molecule has 5 nitrogen and oxygen atoms in total. The standard InChI is InChI=1S/C20H24N2O3S2/c1-14-4-9-21(10-5-14)17(23)12-25-20(24)18-15-6-11-26-13-16(15)27-19(18)22-7-2-3-8-22/h2-3,7-8,14H,4-6,9-13H2,1H3. The predicted octanol–water partition coefficient (Wildman–Crippen LogP) is 3.74. The predicted molar refractivity (Wildman–Crippen MR) is 109 cm³/mol. The van der Waals surface area contributed by atoms with E-state index in [1.54, 1.807) is 11.3 Å². The molecule has 0 radical (unpaired) electrons. The van der Waals surface area contributed by atoms with Gasteiger partial charge in [0.15, 0.2) is 6.61 Å². The molecule has 0 unspecified atom stereocenters. The van der Waals surface area contributed by atoms with E-state index in [9.17, 15) is 9.59 Å². The van der Waals surface area contributed by atoms with Crippen molar-refractivity contribution in [2.24, 2.45) is 5.92 Å². The number of esters is 1. The van der Waals surface area contributed by atoms with Gasteiger partial charge in [0, 0.05) is 36.1 Å². The fourth-order valence-electron chi connectivity index (χ4n) is 3.63. The number of ether oxygens (including phenoxy) is 1. The molecule has 1 saturated heterocycles. The summed E-state index contributed by atoms with van der Waals surface area (Å²) >= 11 is 3.55. The van der Waals surface area contributed by atoms with Crippen LogP contribution in [0.3, 0.4) is 0 Å². The first-order valence-corrected chi connectivity index (χ1v) is 11.4. The van der Waals surface area contributed by atoms with E-state index in [4.69, 9.17) is 4.74 Å². The molecule has 144 valence electrons. The van der Waals surface area contributed by atoms with Crippen LogP contribution < -0.4 is 0 Å². The highest BCUT2D eigenvalue weighted by molar-refractivity contribution is 7.98. The van der Waals surface area contributed by atoms with E-state index in [0.29, 0.717) is 11.5 Å². The van der Waals surface area contributed by atoms with Crippen molar-refractivity contribution in [2.75, 3.05) is 25.4 Å². The Kier molecular flexibility index (Phi) is 5.59. The van der Waals surface area contributed by atoms with Crippen molar-refractivity contribution in [3.8, 4) is 5.00 Å². The maximum atomic E-state index is 12.9. The largest absolute Gasteiger partial charge is 0.452 e. The normalized spacial score (nSPS) is 17.6. The molecule has 0 bridgehead atoms. The fraction of sp³-hybridized carbons (Fsp3) is 0.500. The zero-order valence-corrected chi connectivity index (χ0v) is 17.1. The second-order valence-electron chi connectivity index (χ2n) is 7.22. The third-order valence-corrected chi connectivity index (χ3v) is 7.72. The lowest BCUT2D eigenvalue weighted by atomic mass is 9.99. The van der Waals surface area contributed by atoms with Gasteiger partial charge in [-0.15, -0.1) is 11.3 Å². The van der Waals surface area contributed by atoms with Crippen molar-refractivity contribution in [2.45, 2.75) is 31.9 Å². The van der Waals surface area contributed by atoms with Crippen molar-refractivity contribution in [3.63, 3.8) is 0 Å². The minimum absolute atomic E-state index is 0.0857. The Bertz CT molecular complexity index is 821. The maximum absolute atomic E-state index is 12.9. The van der Waals surface area contributed by atoms with E-state index in [2.05, 4.69) is 6.92 Å². The van der Waals surface area contributed by atoms with Crippen LogP contribution in [0.25, 0.3) is 5.00 Å². The Morgan fingerprint density at radius 2 is 1.96 bits per heavy atom. The monoisotopic (exact) mass is 404 g/mol. The average Bonchev–Trinajstić information content (AvgIpc) is 3.33. The summed E-state index contributed by atoms with van der Waals surface area (Å²) in [6, 6.07) is 3.90. The molecule has 0 atom stereocenters. The number of thiophene rings is 1. The van der Waals surface area contributed by atoms with Gasteiger partial charge in [-0.2, -0.15) is 11.8 Å². The molecule has 4 rings (SSSR count). The quantitative estimate of drug-likeness (QED) is 0.729. The first kappa shape index (κ1) is 18.6. The van der Waals surface area contributed by atoms with E-state index >= 15 is 0 Å². The molecule has 4 heterocycles. The number of hydrogen-bond donors (Lipinski definition) is 0. The molecular formula is C20H24N2O3S2. The lowest BCUT2D eigenvalue weighted by molar-refractivity contribution is -0.135. The minimum Gasteiger partial charge on any atom is -0.452 e. The summed E-state index contributed by atoms with van der Waals surface area (Å²) in [4.78, 5) is 28.4. The molecule has 2 aromatic heterocycles. The number of thioether (sulfide) groups is 1. The Morgan fingerprint density at radius 3 is 2.70 bits per heavy atom. The number of piperidine rings is 1. The van der Waals surface area contributed by atoms with Gasteiger partial charge in [0.05, 0.1) is 5.56 Å².